The van der Waals surface area contributed by atoms with Gasteiger partial charge in [-0.15, -0.1) is 0 Å². The van der Waals surface area contributed by atoms with E-state index in [0.29, 0.717) is 12.1 Å². The number of carboxylic acid groups (broad SMARTS) is 1. The van der Waals surface area contributed by atoms with Crippen molar-refractivity contribution in [2.75, 3.05) is 13.6 Å². The van der Waals surface area contributed by atoms with Crippen molar-refractivity contribution < 1.29 is 23.8 Å². The van der Waals surface area contributed by atoms with Crippen LogP contribution in [0.1, 0.15) is 12.0 Å². The zero-order chi connectivity index (χ0) is 13.7. The largest absolute Gasteiger partial charge is 0.481 e. The highest BCUT2D eigenvalue weighted by atomic mass is 19.2. The van der Waals surface area contributed by atoms with Crippen molar-refractivity contribution in [1.29, 1.82) is 0 Å². The molecule has 4 nitrogen and oxygen atoms in total. The van der Waals surface area contributed by atoms with Gasteiger partial charge < -0.3 is 10.2 Å². The van der Waals surface area contributed by atoms with Crippen LogP contribution < -0.4 is 0 Å². The fraction of sp³-hybridized carbons (Fsp3) is 0.417. The third kappa shape index (κ3) is 4.77. The Balaban J connectivity index is 2.51. The van der Waals surface area contributed by atoms with E-state index in [4.69, 9.17) is 5.11 Å². The molecule has 6 heteroatoms. The number of aliphatic hydroxyl groups excluding tert-OH is 1. The molecule has 1 aromatic rings. The van der Waals surface area contributed by atoms with Gasteiger partial charge in [0, 0.05) is 13.1 Å². The van der Waals surface area contributed by atoms with E-state index in [0.717, 1.165) is 12.1 Å². The third-order valence-electron chi connectivity index (χ3n) is 2.37. The van der Waals surface area contributed by atoms with Gasteiger partial charge in [0.25, 0.3) is 0 Å². The van der Waals surface area contributed by atoms with Crippen molar-refractivity contribution >= 4 is 5.97 Å². The molecule has 0 saturated carbocycles. The lowest BCUT2D eigenvalue weighted by Gasteiger charge is -2.19. The Labute approximate surface area is 103 Å². The lowest BCUT2D eigenvalue weighted by Crippen LogP contribution is -2.30. The summed E-state index contributed by atoms with van der Waals surface area (Å²) >= 11 is 0. The minimum absolute atomic E-state index is 0.144. The van der Waals surface area contributed by atoms with Gasteiger partial charge in [0.2, 0.25) is 0 Å². The average molecular weight is 259 g/mol. The number of hydrogen-bond donors (Lipinski definition) is 2. The number of benzene rings is 1. The molecule has 0 aliphatic rings. The van der Waals surface area contributed by atoms with E-state index in [1.807, 2.05) is 0 Å². The number of carbonyl (C=O) groups is 1. The number of hydrogen-bond acceptors (Lipinski definition) is 3. The minimum atomic E-state index is -1.08. The van der Waals surface area contributed by atoms with Crippen molar-refractivity contribution in [3.8, 4) is 0 Å². The van der Waals surface area contributed by atoms with Crippen LogP contribution in [0.2, 0.25) is 0 Å². The minimum Gasteiger partial charge on any atom is -0.481 e. The van der Waals surface area contributed by atoms with Crippen LogP contribution >= 0.6 is 0 Å². The lowest BCUT2D eigenvalue weighted by molar-refractivity contribution is -0.139. The van der Waals surface area contributed by atoms with E-state index in [9.17, 15) is 18.7 Å². The molecule has 0 aliphatic carbocycles. The van der Waals surface area contributed by atoms with Crippen LogP contribution in [0.15, 0.2) is 18.2 Å². The standard InChI is InChI=1S/C12H15F2NO3/c1-15(7-9(16)5-12(17)18)6-8-2-3-10(13)11(14)4-8/h2-4,9,16H,5-7H2,1H3,(H,17,18). The van der Waals surface area contributed by atoms with E-state index in [1.54, 1.807) is 11.9 Å². The van der Waals surface area contributed by atoms with Crippen molar-refractivity contribution in [2.24, 2.45) is 0 Å². The maximum Gasteiger partial charge on any atom is 0.306 e. The Morgan fingerprint density at radius 3 is 2.61 bits per heavy atom. The van der Waals surface area contributed by atoms with Crippen LogP contribution in [0.25, 0.3) is 0 Å². The molecule has 0 aliphatic heterocycles. The zero-order valence-corrected chi connectivity index (χ0v) is 9.94. The average Bonchev–Trinajstić information content (AvgIpc) is 2.21. The molecule has 1 unspecified atom stereocenters. The summed E-state index contributed by atoms with van der Waals surface area (Å²) < 4.78 is 25.6. The highest BCUT2D eigenvalue weighted by Crippen LogP contribution is 2.10. The van der Waals surface area contributed by atoms with Crippen molar-refractivity contribution in [1.82, 2.24) is 4.90 Å². The smallest absolute Gasteiger partial charge is 0.306 e. The first-order valence-electron chi connectivity index (χ1n) is 5.41. The summed E-state index contributed by atoms with van der Waals surface area (Å²) in [4.78, 5) is 12.0. The summed E-state index contributed by atoms with van der Waals surface area (Å²) in [6.07, 6.45) is -1.33. The second kappa shape index (κ2) is 6.42. The predicted molar refractivity (Wildman–Crippen MR) is 61.0 cm³/mol. The number of nitrogens with zero attached hydrogens (tertiary/aromatic N) is 1. The molecule has 100 valence electrons. The summed E-state index contributed by atoms with van der Waals surface area (Å²) in [7, 11) is 1.66. The van der Waals surface area contributed by atoms with Gasteiger partial charge in [-0.1, -0.05) is 6.07 Å². The van der Waals surface area contributed by atoms with E-state index in [1.165, 1.54) is 6.07 Å². The van der Waals surface area contributed by atoms with Crippen LogP contribution in [-0.4, -0.2) is 40.8 Å². The summed E-state index contributed by atoms with van der Waals surface area (Å²) in [6.45, 7) is 0.444. The summed E-state index contributed by atoms with van der Waals surface area (Å²) in [6, 6.07) is 3.56. The topological polar surface area (TPSA) is 60.8 Å². The predicted octanol–water partition coefficient (Wildman–Crippen LogP) is 1.23. The molecular weight excluding hydrogens is 244 g/mol. The second-order valence-corrected chi connectivity index (χ2v) is 4.20. The molecule has 2 N–H and O–H groups in total. The molecule has 18 heavy (non-hydrogen) atoms. The highest BCUT2D eigenvalue weighted by Gasteiger charge is 2.13. The third-order valence-corrected chi connectivity index (χ3v) is 2.37. The monoisotopic (exact) mass is 259 g/mol. The van der Waals surface area contributed by atoms with Crippen LogP contribution in [0, 0.1) is 11.6 Å². The maximum atomic E-state index is 12.9. The number of aliphatic hydroxyl groups is 1. The van der Waals surface area contributed by atoms with Crippen LogP contribution in [0.4, 0.5) is 8.78 Å². The molecule has 1 atom stereocenters. The van der Waals surface area contributed by atoms with Gasteiger partial charge >= 0.3 is 5.97 Å². The summed E-state index contributed by atoms with van der Waals surface area (Å²) in [5, 5.41) is 17.9. The first-order chi connectivity index (χ1) is 8.38. The zero-order valence-electron chi connectivity index (χ0n) is 9.94. The number of rotatable bonds is 6. The van der Waals surface area contributed by atoms with Gasteiger partial charge in [0.15, 0.2) is 11.6 Å². The molecule has 1 aromatic carbocycles. The number of likely N-dealkylation sites (N-methyl/N-ethyl adjacent to an activating group) is 1. The van der Waals surface area contributed by atoms with Gasteiger partial charge in [-0.3, -0.25) is 9.69 Å². The molecule has 0 saturated heterocycles. The molecule has 0 radical (unpaired) electrons. The highest BCUT2D eigenvalue weighted by molar-refractivity contribution is 5.67. The molecule has 1 rings (SSSR count). The van der Waals surface area contributed by atoms with Gasteiger partial charge in [0.1, 0.15) is 0 Å². The number of carboxylic acids is 1. The summed E-state index contributed by atoms with van der Waals surface area (Å²) in [5.74, 6) is -2.91. The Morgan fingerprint density at radius 1 is 1.39 bits per heavy atom. The van der Waals surface area contributed by atoms with Gasteiger partial charge in [-0.25, -0.2) is 8.78 Å². The SMILES string of the molecule is CN(Cc1ccc(F)c(F)c1)CC(O)CC(=O)O. The molecular formula is C12H15F2NO3. The van der Waals surface area contributed by atoms with E-state index < -0.39 is 23.7 Å². The Bertz CT molecular complexity index is 426. The van der Waals surface area contributed by atoms with Crippen LogP contribution in [-0.2, 0) is 11.3 Å². The molecule has 0 amide bonds. The normalized spacial score (nSPS) is 12.7. The van der Waals surface area contributed by atoms with Crippen molar-refractivity contribution in [3.63, 3.8) is 0 Å². The van der Waals surface area contributed by atoms with E-state index in [2.05, 4.69) is 0 Å². The Morgan fingerprint density at radius 2 is 2.06 bits per heavy atom. The fourth-order valence-corrected chi connectivity index (χ4v) is 1.64. The lowest BCUT2D eigenvalue weighted by atomic mass is 10.2. The molecule has 0 fully saturated rings. The van der Waals surface area contributed by atoms with Crippen molar-refractivity contribution in [3.05, 3.63) is 35.4 Å². The molecule has 0 aromatic heterocycles. The summed E-state index contributed by atoms with van der Waals surface area (Å²) in [5.41, 5.74) is 0.555. The van der Waals surface area contributed by atoms with Crippen molar-refractivity contribution in [2.45, 2.75) is 19.1 Å². The molecule has 0 heterocycles. The van der Waals surface area contributed by atoms with E-state index >= 15 is 0 Å². The fourth-order valence-electron chi connectivity index (χ4n) is 1.64. The number of halogens is 2. The first-order valence-corrected chi connectivity index (χ1v) is 5.41. The van der Waals surface area contributed by atoms with Crippen LogP contribution in [0.3, 0.4) is 0 Å². The number of aliphatic carboxylic acids is 1. The first kappa shape index (κ1) is 14.5. The van der Waals surface area contributed by atoms with Gasteiger partial charge in [-0.05, 0) is 24.7 Å². The molecule has 0 spiro atoms. The Hall–Kier alpha value is -1.53. The molecule has 0 bridgehead atoms. The Kier molecular flexibility index (Phi) is 5.18. The van der Waals surface area contributed by atoms with E-state index in [-0.39, 0.29) is 13.0 Å². The maximum absolute atomic E-state index is 12.9. The van der Waals surface area contributed by atoms with Crippen LogP contribution in [0.5, 0.6) is 0 Å². The quantitative estimate of drug-likeness (QED) is 0.806. The van der Waals surface area contributed by atoms with Gasteiger partial charge in [-0.2, -0.15) is 0 Å². The van der Waals surface area contributed by atoms with Gasteiger partial charge in [0.05, 0.1) is 12.5 Å². The second-order valence-electron chi connectivity index (χ2n) is 4.20.